The van der Waals surface area contributed by atoms with Gasteiger partial charge in [-0.2, -0.15) is 0 Å². The van der Waals surface area contributed by atoms with Crippen LogP contribution in [0.15, 0.2) is 10.6 Å². The highest BCUT2D eigenvalue weighted by Gasteiger charge is 2.28. The van der Waals surface area contributed by atoms with Gasteiger partial charge in [0.05, 0.1) is 12.6 Å². The molecular formula is C9H13N3O2. The summed E-state index contributed by atoms with van der Waals surface area (Å²) in [6.45, 7) is 3.05. The zero-order valence-electron chi connectivity index (χ0n) is 8.06. The fourth-order valence-electron chi connectivity index (χ4n) is 1.61. The summed E-state index contributed by atoms with van der Waals surface area (Å²) in [6.07, 6.45) is 0.732. The third-order valence-corrected chi connectivity index (χ3v) is 2.37. The van der Waals surface area contributed by atoms with E-state index in [9.17, 15) is 4.79 Å². The first kappa shape index (κ1) is 9.21. The van der Waals surface area contributed by atoms with Crippen molar-refractivity contribution in [2.24, 2.45) is 5.73 Å². The van der Waals surface area contributed by atoms with Crippen molar-refractivity contribution in [3.8, 4) is 0 Å². The van der Waals surface area contributed by atoms with Gasteiger partial charge in [0.25, 0.3) is 0 Å². The largest absolute Gasteiger partial charge is 0.361 e. The number of aryl methyl sites for hydroxylation is 1. The lowest BCUT2D eigenvalue weighted by Crippen LogP contribution is -2.33. The van der Waals surface area contributed by atoms with Crippen LogP contribution in [0.4, 0.5) is 0 Å². The lowest BCUT2D eigenvalue weighted by Gasteiger charge is -2.13. The Bertz CT molecular complexity index is 348. The van der Waals surface area contributed by atoms with Crippen molar-refractivity contribution >= 4 is 5.91 Å². The zero-order chi connectivity index (χ0) is 10.1. The van der Waals surface area contributed by atoms with Crippen molar-refractivity contribution in [1.82, 2.24) is 10.1 Å². The summed E-state index contributed by atoms with van der Waals surface area (Å²) in [6, 6.07) is 1.50. The van der Waals surface area contributed by atoms with Gasteiger partial charge in [-0.25, -0.2) is 0 Å². The molecule has 5 nitrogen and oxygen atoms in total. The molecule has 0 saturated carbocycles. The summed E-state index contributed by atoms with van der Waals surface area (Å²) in [7, 11) is 0. The molecule has 1 atom stereocenters. The molecule has 0 spiro atoms. The van der Waals surface area contributed by atoms with Crippen molar-refractivity contribution in [3.05, 3.63) is 17.5 Å². The maximum absolute atomic E-state index is 11.5. The molecule has 2 rings (SSSR count). The Kier molecular flexibility index (Phi) is 2.25. The minimum absolute atomic E-state index is 0.00523. The highest BCUT2D eigenvalue weighted by atomic mass is 16.5. The summed E-state index contributed by atoms with van der Waals surface area (Å²) >= 11 is 0. The molecule has 0 radical (unpaired) electrons. The third kappa shape index (κ3) is 1.63. The van der Waals surface area contributed by atoms with Crippen molar-refractivity contribution in [1.29, 1.82) is 0 Å². The molecule has 1 aliphatic rings. The number of hydrogen-bond donors (Lipinski definition) is 1. The van der Waals surface area contributed by atoms with Crippen LogP contribution in [0.2, 0.25) is 0 Å². The maximum Gasteiger partial charge on any atom is 0.239 e. The Morgan fingerprint density at radius 3 is 3.07 bits per heavy atom. The van der Waals surface area contributed by atoms with Crippen LogP contribution in [0.5, 0.6) is 0 Å². The molecule has 1 saturated heterocycles. The molecule has 1 amide bonds. The van der Waals surface area contributed by atoms with Gasteiger partial charge < -0.3 is 15.2 Å². The van der Waals surface area contributed by atoms with Crippen LogP contribution in [0.25, 0.3) is 0 Å². The number of carbonyl (C=O) groups excluding carboxylic acids is 1. The minimum Gasteiger partial charge on any atom is -0.361 e. The molecule has 1 fully saturated rings. The standard InChI is InChI=1S/C9H13N3O2/c1-6-4-7(11-14-6)5-12-3-2-8(10)9(12)13/h4,8H,2-3,5,10H2,1H3. The molecule has 1 aromatic heterocycles. The Hall–Kier alpha value is -1.36. The van der Waals surface area contributed by atoms with E-state index in [0.717, 1.165) is 17.9 Å². The summed E-state index contributed by atoms with van der Waals surface area (Å²) in [5, 5.41) is 3.83. The fourth-order valence-corrected chi connectivity index (χ4v) is 1.61. The van der Waals surface area contributed by atoms with Crippen LogP contribution in [-0.4, -0.2) is 28.6 Å². The lowest BCUT2D eigenvalue weighted by molar-refractivity contribution is -0.129. The first-order valence-electron chi connectivity index (χ1n) is 4.63. The van der Waals surface area contributed by atoms with E-state index in [4.69, 9.17) is 10.3 Å². The molecule has 0 aliphatic carbocycles. The number of amides is 1. The van der Waals surface area contributed by atoms with Gasteiger partial charge in [0.15, 0.2) is 0 Å². The van der Waals surface area contributed by atoms with Gasteiger partial charge >= 0.3 is 0 Å². The van der Waals surface area contributed by atoms with Crippen LogP contribution in [0, 0.1) is 6.92 Å². The van der Waals surface area contributed by atoms with E-state index >= 15 is 0 Å². The number of hydrogen-bond acceptors (Lipinski definition) is 4. The molecule has 0 bridgehead atoms. The van der Waals surface area contributed by atoms with Gasteiger partial charge in [0.1, 0.15) is 11.5 Å². The van der Waals surface area contributed by atoms with Crippen LogP contribution in [0.1, 0.15) is 17.9 Å². The lowest BCUT2D eigenvalue weighted by atomic mass is 10.3. The van der Waals surface area contributed by atoms with Gasteiger partial charge in [0.2, 0.25) is 5.91 Å². The quantitative estimate of drug-likeness (QED) is 0.723. The van der Waals surface area contributed by atoms with Crippen molar-refractivity contribution < 1.29 is 9.32 Å². The second-order valence-electron chi connectivity index (χ2n) is 3.58. The summed E-state index contributed by atoms with van der Waals surface area (Å²) < 4.78 is 4.92. The van der Waals surface area contributed by atoms with Crippen LogP contribution >= 0.6 is 0 Å². The molecule has 5 heteroatoms. The summed E-state index contributed by atoms with van der Waals surface area (Å²) in [5.74, 6) is 0.765. The van der Waals surface area contributed by atoms with Crippen molar-refractivity contribution in [2.45, 2.75) is 25.9 Å². The second kappa shape index (κ2) is 3.42. The van der Waals surface area contributed by atoms with Crippen molar-refractivity contribution in [2.75, 3.05) is 6.54 Å². The molecule has 76 valence electrons. The topological polar surface area (TPSA) is 72.4 Å². The first-order valence-corrected chi connectivity index (χ1v) is 4.63. The van der Waals surface area contributed by atoms with Gasteiger partial charge in [-0.1, -0.05) is 5.16 Å². The van der Waals surface area contributed by atoms with E-state index in [0.29, 0.717) is 13.1 Å². The Balaban J connectivity index is 2.02. The number of aromatic nitrogens is 1. The normalized spacial score (nSPS) is 22.0. The zero-order valence-corrected chi connectivity index (χ0v) is 8.06. The minimum atomic E-state index is -0.331. The highest BCUT2D eigenvalue weighted by Crippen LogP contribution is 2.13. The molecular weight excluding hydrogens is 182 g/mol. The van der Waals surface area contributed by atoms with E-state index < -0.39 is 0 Å². The Labute approximate surface area is 81.8 Å². The van der Waals surface area contributed by atoms with E-state index in [2.05, 4.69) is 5.16 Å². The maximum atomic E-state index is 11.5. The molecule has 2 N–H and O–H groups in total. The summed E-state index contributed by atoms with van der Waals surface area (Å²) in [4.78, 5) is 13.2. The van der Waals surface area contributed by atoms with E-state index in [1.807, 2.05) is 13.0 Å². The number of likely N-dealkylation sites (tertiary alicyclic amines) is 1. The number of nitrogens with zero attached hydrogens (tertiary/aromatic N) is 2. The monoisotopic (exact) mass is 195 g/mol. The predicted octanol–water partition coefficient (Wildman–Crippen LogP) is 0.0426. The SMILES string of the molecule is Cc1cc(CN2CCC(N)C2=O)no1. The van der Waals surface area contributed by atoms with E-state index in [1.54, 1.807) is 4.90 Å². The van der Waals surface area contributed by atoms with Crippen LogP contribution in [0.3, 0.4) is 0 Å². The Morgan fingerprint density at radius 1 is 1.79 bits per heavy atom. The molecule has 2 heterocycles. The van der Waals surface area contributed by atoms with Crippen molar-refractivity contribution in [3.63, 3.8) is 0 Å². The number of nitrogens with two attached hydrogens (primary N) is 1. The second-order valence-corrected chi connectivity index (χ2v) is 3.58. The number of rotatable bonds is 2. The van der Waals surface area contributed by atoms with Gasteiger partial charge in [0, 0.05) is 12.6 Å². The fraction of sp³-hybridized carbons (Fsp3) is 0.556. The summed E-state index contributed by atoms with van der Waals surface area (Å²) in [5.41, 5.74) is 6.37. The average molecular weight is 195 g/mol. The van der Waals surface area contributed by atoms with Gasteiger partial charge in [-0.05, 0) is 13.3 Å². The number of carbonyl (C=O) groups is 1. The molecule has 1 unspecified atom stereocenters. The average Bonchev–Trinajstić information content (AvgIpc) is 2.67. The Morgan fingerprint density at radius 2 is 2.57 bits per heavy atom. The van der Waals surface area contributed by atoms with E-state index in [-0.39, 0.29) is 11.9 Å². The van der Waals surface area contributed by atoms with E-state index in [1.165, 1.54) is 0 Å². The van der Waals surface area contributed by atoms with Gasteiger partial charge in [-0.15, -0.1) is 0 Å². The third-order valence-electron chi connectivity index (χ3n) is 2.37. The molecule has 14 heavy (non-hydrogen) atoms. The first-order chi connectivity index (χ1) is 6.66. The van der Waals surface area contributed by atoms with Crippen LogP contribution < -0.4 is 5.73 Å². The molecule has 1 aliphatic heterocycles. The van der Waals surface area contributed by atoms with Gasteiger partial charge in [-0.3, -0.25) is 4.79 Å². The molecule has 1 aromatic rings. The highest BCUT2D eigenvalue weighted by molar-refractivity contribution is 5.83. The predicted molar refractivity (Wildman–Crippen MR) is 49.2 cm³/mol. The smallest absolute Gasteiger partial charge is 0.239 e. The molecule has 0 aromatic carbocycles. The van der Waals surface area contributed by atoms with Crippen LogP contribution in [-0.2, 0) is 11.3 Å².